The zero-order chi connectivity index (χ0) is 15.1. The topological polar surface area (TPSA) is 58.6 Å². The number of nitrogens with one attached hydrogen (secondary N) is 1. The first-order valence-corrected chi connectivity index (χ1v) is 7.67. The first-order chi connectivity index (χ1) is 9.46. The van der Waals surface area contributed by atoms with Crippen molar-refractivity contribution in [3.63, 3.8) is 0 Å². The van der Waals surface area contributed by atoms with Gasteiger partial charge >= 0.3 is 6.09 Å². The molecule has 5 heteroatoms. The van der Waals surface area contributed by atoms with Crippen molar-refractivity contribution >= 4 is 12.0 Å². The van der Waals surface area contributed by atoms with Crippen molar-refractivity contribution in [1.29, 1.82) is 0 Å². The maximum absolute atomic E-state index is 12.2. The fraction of sp³-hybridized carbons (Fsp3) is 0.867. The molecule has 0 aliphatic carbocycles. The highest BCUT2D eigenvalue weighted by molar-refractivity contribution is 5.76. The van der Waals surface area contributed by atoms with Gasteiger partial charge in [0.15, 0.2) is 0 Å². The number of ether oxygens (including phenoxy) is 1. The number of carbonyl (C=O) groups is 2. The molecule has 0 aromatic carbocycles. The Labute approximate surface area is 122 Å². The van der Waals surface area contributed by atoms with Crippen molar-refractivity contribution in [3.8, 4) is 0 Å². The van der Waals surface area contributed by atoms with Gasteiger partial charge in [-0.15, -0.1) is 0 Å². The second kappa shape index (κ2) is 8.12. The Morgan fingerprint density at radius 3 is 2.55 bits per heavy atom. The molecule has 2 amide bonds. The molecule has 116 valence electrons. The van der Waals surface area contributed by atoms with Crippen molar-refractivity contribution in [2.24, 2.45) is 11.8 Å². The number of nitrogens with zero attached hydrogens (tertiary/aromatic N) is 1. The summed E-state index contributed by atoms with van der Waals surface area (Å²) in [6.07, 6.45) is 2.13. The molecule has 0 spiro atoms. The van der Waals surface area contributed by atoms with Crippen molar-refractivity contribution < 1.29 is 14.3 Å². The molecule has 1 N–H and O–H groups in total. The summed E-state index contributed by atoms with van der Waals surface area (Å²) in [6.45, 7) is 9.78. The molecule has 20 heavy (non-hydrogen) atoms. The highest BCUT2D eigenvalue weighted by atomic mass is 16.5. The molecule has 0 saturated carbocycles. The number of hydrogen-bond donors (Lipinski definition) is 1. The summed E-state index contributed by atoms with van der Waals surface area (Å²) in [7, 11) is 0. The van der Waals surface area contributed by atoms with E-state index in [0.717, 1.165) is 19.4 Å². The Morgan fingerprint density at radius 2 is 2.00 bits per heavy atom. The fourth-order valence-corrected chi connectivity index (χ4v) is 2.63. The van der Waals surface area contributed by atoms with Crippen LogP contribution in [0.4, 0.5) is 4.79 Å². The van der Waals surface area contributed by atoms with Gasteiger partial charge in [-0.25, -0.2) is 4.79 Å². The molecule has 1 saturated heterocycles. The van der Waals surface area contributed by atoms with E-state index in [1.807, 2.05) is 18.7 Å². The van der Waals surface area contributed by atoms with Crippen LogP contribution in [0, 0.1) is 11.8 Å². The summed E-state index contributed by atoms with van der Waals surface area (Å²) < 4.78 is 4.92. The van der Waals surface area contributed by atoms with Crippen LogP contribution in [-0.2, 0) is 9.53 Å². The monoisotopic (exact) mass is 284 g/mol. The van der Waals surface area contributed by atoms with Gasteiger partial charge in [0.05, 0.1) is 12.6 Å². The van der Waals surface area contributed by atoms with Crippen LogP contribution in [0.5, 0.6) is 0 Å². The summed E-state index contributed by atoms with van der Waals surface area (Å²) >= 11 is 0. The zero-order valence-corrected chi connectivity index (χ0v) is 13.1. The van der Waals surface area contributed by atoms with Crippen LogP contribution in [-0.4, -0.2) is 42.6 Å². The fourth-order valence-electron chi connectivity index (χ4n) is 2.63. The van der Waals surface area contributed by atoms with Gasteiger partial charge in [-0.2, -0.15) is 0 Å². The second-order valence-electron chi connectivity index (χ2n) is 5.97. The van der Waals surface area contributed by atoms with Gasteiger partial charge in [-0.05, 0) is 25.2 Å². The van der Waals surface area contributed by atoms with E-state index in [1.165, 1.54) is 0 Å². The van der Waals surface area contributed by atoms with E-state index in [4.69, 9.17) is 4.74 Å². The van der Waals surface area contributed by atoms with Gasteiger partial charge in [0, 0.05) is 19.5 Å². The Balaban J connectivity index is 2.59. The molecule has 2 unspecified atom stereocenters. The maximum atomic E-state index is 12.2. The normalized spacial score (nSPS) is 22.8. The lowest BCUT2D eigenvalue weighted by Crippen LogP contribution is -2.52. The first kappa shape index (κ1) is 16.8. The van der Waals surface area contributed by atoms with Gasteiger partial charge < -0.3 is 15.0 Å². The van der Waals surface area contributed by atoms with Crippen LogP contribution >= 0.6 is 0 Å². The van der Waals surface area contributed by atoms with Crippen LogP contribution in [0.3, 0.4) is 0 Å². The van der Waals surface area contributed by atoms with Gasteiger partial charge in [0.2, 0.25) is 5.91 Å². The molecular formula is C15H28N2O3. The van der Waals surface area contributed by atoms with E-state index < -0.39 is 0 Å². The van der Waals surface area contributed by atoms with Gasteiger partial charge in [-0.3, -0.25) is 4.79 Å². The third-order valence-electron chi connectivity index (χ3n) is 3.65. The van der Waals surface area contributed by atoms with Gasteiger partial charge in [0.25, 0.3) is 0 Å². The van der Waals surface area contributed by atoms with E-state index in [2.05, 4.69) is 12.2 Å². The quantitative estimate of drug-likeness (QED) is 0.843. The number of rotatable bonds is 5. The third kappa shape index (κ3) is 5.39. The summed E-state index contributed by atoms with van der Waals surface area (Å²) in [4.78, 5) is 25.6. The van der Waals surface area contributed by atoms with E-state index in [1.54, 1.807) is 6.92 Å². The standard InChI is InChI=1S/C15H28N2O3/c1-5-12-8-13(16-15(19)20-6-2)10-17(9-12)14(18)7-11(3)4/h11-13H,5-10H2,1-4H3,(H,16,19). The van der Waals surface area contributed by atoms with Crippen LogP contribution < -0.4 is 5.32 Å². The number of likely N-dealkylation sites (tertiary alicyclic amines) is 1. The zero-order valence-electron chi connectivity index (χ0n) is 13.1. The maximum Gasteiger partial charge on any atom is 0.407 e. The summed E-state index contributed by atoms with van der Waals surface area (Å²) in [6, 6.07) is 0.00358. The minimum Gasteiger partial charge on any atom is -0.450 e. The van der Waals surface area contributed by atoms with Crippen LogP contribution in [0.15, 0.2) is 0 Å². The minimum absolute atomic E-state index is 0.00358. The van der Waals surface area contributed by atoms with Crippen molar-refractivity contribution in [2.75, 3.05) is 19.7 Å². The Morgan fingerprint density at radius 1 is 1.30 bits per heavy atom. The molecule has 5 nitrogen and oxygen atoms in total. The first-order valence-electron chi connectivity index (χ1n) is 7.67. The molecule has 0 aromatic rings. The molecular weight excluding hydrogens is 256 g/mol. The lowest BCUT2D eigenvalue weighted by atomic mass is 9.91. The predicted octanol–water partition coefficient (Wildman–Crippen LogP) is 2.41. The second-order valence-corrected chi connectivity index (χ2v) is 5.97. The lowest BCUT2D eigenvalue weighted by molar-refractivity contribution is -0.134. The lowest BCUT2D eigenvalue weighted by Gasteiger charge is -2.38. The average Bonchev–Trinajstić information content (AvgIpc) is 2.37. The largest absolute Gasteiger partial charge is 0.450 e. The molecule has 2 atom stereocenters. The highest BCUT2D eigenvalue weighted by Gasteiger charge is 2.30. The molecule has 0 radical (unpaired) electrons. The van der Waals surface area contributed by atoms with Crippen molar-refractivity contribution in [3.05, 3.63) is 0 Å². The van der Waals surface area contributed by atoms with Gasteiger partial charge in [0.1, 0.15) is 0 Å². The summed E-state index contributed by atoms with van der Waals surface area (Å²) in [5.74, 6) is 1.00. The van der Waals surface area contributed by atoms with E-state index in [0.29, 0.717) is 31.4 Å². The molecule has 1 aliphatic rings. The van der Waals surface area contributed by atoms with Gasteiger partial charge in [-0.1, -0.05) is 27.2 Å². The van der Waals surface area contributed by atoms with Crippen LogP contribution in [0.2, 0.25) is 0 Å². The van der Waals surface area contributed by atoms with Crippen LogP contribution in [0.1, 0.15) is 47.0 Å². The Bertz CT molecular complexity index is 331. The smallest absolute Gasteiger partial charge is 0.407 e. The number of amides is 2. The molecule has 1 heterocycles. The predicted molar refractivity (Wildman–Crippen MR) is 78.4 cm³/mol. The van der Waals surface area contributed by atoms with Crippen molar-refractivity contribution in [1.82, 2.24) is 10.2 Å². The number of hydrogen-bond acceptors (Lipinski definition) is 3. The molecule has 0 bridgehead atoms. The average molecular weight is 284 g/mol. The minimum atomic E-state index is -0.384. The van der Waals surface area contributed by atoms with E-state index >= 15 is 0 Å². The molecule has 1 rings (SSSR count). The molecule has 1 aliphatic heterocycles. The number of alkyl carbamates (subject to hydrolysis) is 1. The molecule has 0 aromatic heterocycles. The van der Waals surface area contributed by atoms with E-state index in [9.17, 15) is 9.59 Å². The Hall–Kier alpha value is -1.26. The SMILES string of the molecule is CCOC(=O)NC1CC(CC)CN(C(=O)CC(C)C)C1. The van der Waals surface area contributed by atoms with E-state index in [-0.39, 0.29) is 18.0 Å². The number of piperidine rings is 1. The summed E-state index contributed by atoms with van der Waals surface area (Å²) in [5, 5.41) is 2.87. The summed E-state index contributed by atoms with van der Waals surface area (Å²) in [5.41, 5.74) is 0. The van der Waals surface area contributed by atoms with Crippen molar-refractivity contribution in [2.45, 2.75) is 53.0 Å². The number of carbonyl (C=O) groups excluding carboxylic acids is 2. The Kier molecular flexibility index (Phi) is 6.82. The third-order valence-corrected chi connectivity index (χ3v) is 3.65. The van der Waals surface area contributed by atoms with Crippen LogP contribution in [0.25, 0.3) is 0 Å². The molecule has 1 fully saturated rings. The highest BCUT2D eigenvalue weighted by Crippen LogP contribution is 2.21.